The standard InChI is InChI=1S/C27H35ClN2O5/c1-19(2)15-30(17-21-13-23(28)26-24(14-21)33-9-5-10-35-26)27(31)25-18-29(8-11-34-25)16-20-6-4-7-22(12-20)32-3/h4,6-7,12-14,19,25H,5,8-11,15-18H2,1-3H3/t25-/m1/s1. The minimum Gasteiger partial charge on any atom is -0.497 e. The van der Waals surface area contributed by atoms with Gasteiger partial charge in [-0.05, 0) is 41.3 Å². The van der Waals surface area contributed by atoms with Crippen molar-refractivity contribution in [3.63, 3.8) is 0 Å². The van der Waals surface area contributed by atoms with Gasteiger partial charge in [0.1, 0.15) is 11.9 Å². The lowest BCUT2D eigenvalue weighted by molar-refractivity contribution is -0.151. The Morgan fingerprint density at radius 1 is 1.17 bits per heavy atom. The predicted octanol–water partition coefficient (Wildman–Crippen LogP) is 4.40. The molecule has 35 heavy (non-hydrogen) atoms. The highest BCUT2D eigenvalue weighted by atomic mass is 35.5. The van der Waals surface area contributed by atoms with Crippen molar-refractivity contribution in [3.8, 4) is 17.2 Å². The van der Waals surface area contributed by atoms with Crippen LogP contribution in [0.5, 0.6) is 17.2 Å². The van der Waals surface area contributed by atoms with Crippen LogP contribution >= 0.6 is 11.6 Å². The van der Waals surface area contributed by atoms with Crippen LogP contribution in [0.3, 0.4) is 0 Å². The molecule has 2 heterocycles. The predicted molar refractivity (Wildman–Crippen MR) is 135 cm³/mol. The van der Waals surface area contributed by atoms with Crippen LogP contribution in [0.4, 0.5) is 0 Å². The number of hydrogen-bond donors (Lipinski definition) is 0. The van der Waals surface area contributed by atoms with Gasteiger partial charge < -0.3 is 23.8 Å². The molecule has 0 unspecified atom stereocenters. The van der Waals surface area contributed by atoms with E-state index in [4.69, 9.17) is 30.5 Å². The maximum Gasteiger partial charge on any atom is 0.253 e. The first-order chi connectivity index (χ1) is 16.9. The van der Waals surface area contributed by atoms with Crippen molar-refractivity contribution in [2.45, 2.75) is 39.5 Å². The number of ether oxygens (including phenoxy) is 4. The maximum absolute atomic E-state index is 13.6. The van der Waals surface area contributed by atoms with E-state index in [0.29, 0.717) is 61.9 Å². The van der Waals surface area contributed by atoms with Gasteiger partial charge in [0.25, 0.3) is 5.91 Å². The number of amides is 1. The Hall–Kier alpha value is -2.48. The summed E-state index contributed by atoms with van der Waals surface area (Å²) in [5, 5.41) is 0.509. The molecule has 2 aliphatic rings. The minimum absolute atomic E-state index is 0.00252. The number of carbonyl (C=O) groups excluding carboxylic acids is 1. The van der Waals surface area contributed by atoms with Gasteiger partial charge in [-0.15, -0.1) is 0 Å². The summed E-state index contributed by atoms with van der Waals surface area (Å²) in [6.07, 6.45) is 0.299. The van der Waals surface area contributed by atoms with E-state index in [1.54, 1.807) is 7.11 Å². The molecular formula is C27H35ClN2O5. The summed E-state index contributed by atoms with van der Waals surface area (Å²) in [4.78, 5) is 17.8. The summed E-state index contributed by atoms with van der Waals surface area (Å²) in [5.74, 6) is 2.36. The fourth-order valence-corrected chi connectivity index (χ4v) is 4.79. The summed E-state index contributed by atoms with van der Waals surface area (Å²) in [7, 11) is 1.67. The third-order valence-electron chi connectivity index (χ3n) is 6.10. The van der Waals surface area contributed by atoms with E-state index < -0.39 is 6.10 Å². The van der Waals surface area contributed by atoms with E-state index >= 15 is 0 Å². The Balaban J connectivity index is 1.46. The maximum atomic E-state index is 13.6. The smallest absolute Gasteiger partial charge is 0.253 e. The monoisotopic (exact) mass is 502 g/mol. The van der Waals surface area contributed by atoms with Gasteiger partial charge in [-0.25, -0.2) is 0 Å². The Labute approximate surface area is 212 Å². The van der Waals surface area contributed by atoms with Crippen molar-refractivity contribution in [2.75, 3.05) is 46.6 Å². The molecule has 7 nitrogen and oxygen atoms in total. The van der Waals surface area contributed by atoms with Crippen LogP contribution in [0.15, 0.2) is 36.4 Å². The number of morpholine rings is 1. The number of hydrogen-bond acceptors (Lipinski definition) is 6. The van der Waals surface area contributed by atoms with E-state index in [-0.39, 0.29) is 5.91 Å². The Bertz CT molecular complexity index is 1020. The van der Waals surface area contributed by atoms with Gasteiger partial charge in [0.05, 0.1) is 32.0 Å². The number of halogens is 1. The molecule has 0 spiro atoms. The molecule has 8 heteroatoms. The Morgan fingerprint density at radius 3 is 2.80 bits per heavy atom. The van der Waals surface area contributed by atoms with Crippen molar-refractivity contribution in [1.82, 2.24) is 9.80 Å². The number of carbonyl (C=O) groups is 1. The molecule has 2 aromatic rings. The lowest BCUT2D eigenvalue weighted by Gasteiger charge is -2.35. The second-order valence-electron chi connectivity index (χ2n) is 9.51. The third kappa shape index (κ3) is 6.81. The van der Waals surface area contributed by atoms with Gasteiger partial charge in [0.2, 0.25) is 0 Å². The van der Waals surface area contributed by atoms with Crippen LogP contribution in [-0.2, 0) is 22.6 Å². The van der Waals surface area contributed by atoms with E-state index in [2.05, 4.69) is 24.8 Å². The van der Waals surface area contributed by atoms with Crippen molar-refractivity contribution >= 4 is 17.5 Å². The molecule has 2 aliphatic heterocycles. The number of methoxy groups -OCH3 is 1. The SMILES string of the molecule is COc1cccc(CN2CCO[C@@H](C(=O)N(Cc3cc(Cl)c4c(c3)OCCCO4)CC(C)C)C2)c1. The zero-order chi connectivity index (χ0) is 24.8. The summed E-state index contributed by atoms with van der Waals surface area (Å²) in [5.41, 5.74) is 2.07. The van der Waals surface area contributed by atoms with E-state index in [1.807, 2.05) is 35.2 Å². The van der Waals surface area contributed by atoms with Crippen molar-refractivity contribution in [3.05, 3.63) is 52.5 Å². The number of fused-ring (bicyclic) bond motifs is 1. The molecule has 0 N–H and O–H groups in total. The topological polar surface area (TPSA) is 60.5 Å². The van der Waals surface area contributed by atoms with Crippen LogP contribution in [0.2, 0.25) is 5.02 Å². The first-order valence-corrected chi connectivity index (χ1v) is 12.6. The molecule has 0 aliphatic carbocycles. The average Bonchev–Trinajstić information content (AvgIpc) is 3.09. The van der Waals surface area contributed by atoms with Crippen molar-refractivity contribution < 1.29 is 23.7 Å². The quantitative estimate of drug-likeness (QED) is 0.533. The molecule has 0 saturated carbocycles. The van der Waals surface area contributed by atoms with Crippen molar-refractivity contribution in [1.29, 1.82) is 0 Å². The highest BCUT2D eigenvalue weighted by Gasteiger charge is 2.31. The molecule has 1 amide bonds. The van der Waals surface area contributed by atoms with Crippen LogP contribution in [0.25, 0.3) is 0 Å². The van der Waals surface area contributed by atoms with E-state index in [1.165, 1.54) is 0 Å². The first kappa shape index (κ1) is 25.6. The highest BCUT2D eigenvalue weighted by Crippen LogP contribution is 2.38. The lowest BCUT2D eigenvalue weighted by Crippen LogP contribution is -2.51. The van der Waals surface area contributed by atoms with Gasteiger partial charge in [-0.2, -0.15) is 0 Å². The summed E-state index contributed by atoms with van der Waals surface area (Å²) >= 11 is 6.51. The lowest BCUT2D eigenvalue weighted by atomic mass is 10.1. The Kier molecular flexibility index (Phi) is 8.76. The fraction of sp³-hybridized carbons (Fsp3) is 0.519. The summed E-state index contributed by atoms with van der Waals surface area (Å²) < 4.78 is 22.9. The summed E-state index contributed by atoms with van der Waals surface area (Å²) in [6, 6.07) is 11.8. The molecule has 0 radical (unpaired) electrons. The van der Waals surface area contributed by atoms with Crippen LogP contribution in [0, 0.1) is 5.92 Å². The summed E-state index contributed by atoms with van der Waals surface area (Å²) in [6.45, 7) is 9.03. The van der Waals surface area contributed by atoms with E-state index in [0.717, 1.165) is 36.4 Å². The molecule has 2 aromatic carbocycles. The zero-order valence-corrected chi connectivity index (χ0v) is 21.6. The fourth-order valence-electron chi connectivity index (χ4n) is 4.50. The second kappa shape index (κ2) is 12.0. The molecule has 0 bridgehead atoms. The van der Waals surface area contributed by atoms with Crippen molar-refractivity contribution in [2.24, 2.45) is 5.92 Å². The number of rotatable bonds is 8. The van der Waals surface area contributed by atoms with Gasteiger partial charge in [-0.3, -0.25) is 9.69 Å². The average molecular weight is 503 g/mol. The van der Waals surface area contributed by atoms with E-state index in [9.17, 15) is 4.79 Å². The van der Waals surface area contributed by atoms with Crippen LogP contribution in [0.1, 0.15) is 31.4 Å². The van der Waals surface area contributed by atoms with Gasteiger partial charge in [0, 0.05) is 39.1 Å². The minimum atomic E-state index is -0.510. The second-order valence-corrected chi connectivity index (χ2v) is 9.92. The van der Waals surface area contributed by atoms with Gasteiger partial charge in [-0.1, -0.05) is 37.6 Å². The highest BCUT2D eigenvalue weighted by molar-refractivity contribution is 6.32. The number of nitrogens with zero attached hydrogens (tertiary/aromatic N) is 2. The van der Waals surface area contributed by atoms with Gasteiger partial charge in [0.15, 0.2) is 11.5 Å². The molecule has 0 aromatic heterocycles. The third-order valence-corrected chi connectivity index (χ3v) is 6.38. The first-order valence-electron chi connectivity index (χ1n) is 12.3. The Morgan fingerprint density at radius 2 is 2.00 bits per heavy atom. The van der Waals surface area contributed by atoms with Gasteiger partial charge >= 0.3 is 0 Å². The van der Waals surface area contributed by atoms with Crippen LogP contribution < -0.4 is 14.2 Å². The molecule has 1 saturated heterocycles. The largest absolute Gasteiger partial charge is 0.497 e. The normalized spacial score (nSPS) is 18.3. The molecular weight excluding hydrogens is 468 g/mol. The van der Waals surface area contributed by atoms with Crippen LogP contribution in [-0.4, -0.2) is 68.4 Å². The zero-order valence-electron chi connectivity index (χ0n) is 20.8. The molecule has 190 valence electrons. The molecule has 1 fully saturated rings. The molecule has 4 rings (SSSR count). The number of benzene rings is 2. The molecule has 1 atom stereocenters.